The van der Waals surface area contributed by atoms with Crippen LogP contribution in [0.3, 0.4) is 0 Å². The van der Waals surface area contributed by atoms with Crippen LogP contribution >= 0.6 is 0 Å². The molecule has 5 N–H and O–H groups in total. The number of ether oxygens (including phenoxy) is 2. The Labute approximate surface area is 539 Å². The SMILES string of the molecule is C[C@@H](O)c1nnc(C2CC(NC(=O)c3cc(-c4ccccc4)no3)C2)o1.C[Si](C)(C)c1cc([Si](C)(C)C)c(NC(=O)c2c[nH]c3ccccc3c2=O)cc1O.Cc1c(-c2cc(C(=O)[O-])c3c(O[C@H](C)C4CCOCC4)ccc(C)c3n2)oc2ccccc12.[Na+]. The first kappa shape index (κ1) is 65.4. The van der Waals surface area contributed by atoms with E-state index in [-0.39, 0.29) is 87.5 Å². The number of hydrogen-bond donors (Lipinski definition) is 5. The summed E-state index contributed by atoms with van der Waals surface area (Å²) in [4.78, 5) is 58.2. The minimum atomic E-state index is -1.83. The van der Waals surface area contributed by atoms with Crippen molar-refractivity contribution in [2.45, 2.75) is 117 Å². The number of furan rings is 1. The zero-order valence-corrected chi connectivity index (χ0v) is 55.9. The van der Waals surface area contributed by atoms with E-state index in [1.54, 1.807) is 37.3 Å². The summed E-state index contributed by atoms with van der Waals surface area (Å²) in [5.74, 6) is 0.565. The zero-order valence-electron chi connectivity index (χ0n) is 51.9. The molecular formula is C67H72N7NaO12Si2. The Morgan fingerprint density at radius 2 is 1.45 bits per heavy atom. The number of aliphatic hydroxyl groups excluding tert-OH is 1. The fraction of sp³-hybridized carbons (Fsp3) is 0.313. The Bertz CT molecular complexity index is 4270. The number of amides is 2. The number of hydrogen-bond acceptors (Lipinski definition) is 16. The van der Waals surface area contributed by atoms with Crippen molar-refractivity contribution in [3.05, 3.63) is 171 Å². The number of fused-ring (bicyclic) bond motifs is 3. The Morgan fingerprint density at radius 1 is 0.775 bits per heavy atom. The maximum absolute atomic E-state index is 13.0. The smallest absolute Gasteiger partial charge is 0.545 e. The second kappa shape index (κ2) is 27.4. The van der Waals surface area contributed by atoms with Crippen LogP contribution in [0.25, 0.3) is 55.5 Å². The molecule has 5 aromatic heterocycles. The number of rotatable bonds is 14. The van der Waals surface area contributed by atoms with Crippen molar-refractivity contribution in [1.82, 2.24) is 30.6 Å². The number of carboxylic acid groups (broad SMARTS) is 1. The van der Waals surface area contributed by atoms with Gasteiger partial charge >= 0.3 is 29.6 Å². The summed E-state index contributed by atoms with van der Waals surface area (Å²) in [6, 6.07) is 35.0. The standard InChI is InChI=1S/C27H27NO5.C22H28N2O3Si2.C18H18N4O4.Na/c1-15-8-9-23(32-17(3)18-10-12-31-13-11-18)24-20(27(29)30)14-21(28-25(15)24)26-16(2)19-6-4-5-7-22(19)33-26;1-28(2,3)19-12-20(29(4,5)6)18(25)11-17(19)24-22(27)15-13-23-16-10-8-7-9-14(16)21(15)26;1-10(23)17-20-21-18(25-17)12-7-13(8-12)19-16(24)15-9-14(22-26-15)11-5-3-2-4-6-11;/h4-9,14,17-18H,10-13H2,1-3H3,(H,29,30);7-13,25H,1-6H3,(H,23,26)(H,24,27);2-6,9-10,12-13,23H,7-8H2,1H3,(H,19,24);/q;;;+1/p-1/t17-;;10-,12?,13?;/m1.1./s1. The molecule has 1 aliphatic heterocycles. The summed E-state index contributed by atoms with van der Waals surface area (Å²) in [5, 5.41) is 53.8. The molecule has 22 heteroatoms. The summed E-state index contributed by atoms with van der Waals surface area (Å²) in [5.41, 5.74) is 6.13. The number of pyridine rings is 2. The zero-order chi connectivity index (χ0) is 62.8. The van der Waals surface area contributed by atoms with E-state index in [1.165, 1.54) is 12.3 Å². The van der Waals surface area contributed by atoms with Gasteiger partial charge < -0.3 is 58.6 Å². The number of aromatic hydroxyl groups is 1. The first-order chi connectivity index (χ1) is 41.9. The van der Waals surface area contributed by atoms with Gasteiger partial charge in [-0.1, -0.05) is 117 Å². The molecule has 2 amide bonds. The number of H-pyrrole nitrogens is 1. The van der Waals surface area contributed by atoms with Gasteiger partial charge in [-0.05, 0) is 106 Å². The molecule has 2 fully saturated rings. The Hall–Kier alpha value is -8.03. The summed E-state index contributed by atoms with van der Waals surface area (Å²) < 4.78 is 28.4. The number of carbonyl (C=O) groups excluding carboxylic acids is 3. The van der Waals surface area contributed by atoms with Crippen LogP contribution < -0.4 is 65.8 Å². The fourth-order valence-electron chi connectivity index (χ4n) is 11.1. The molecule has 12 rings (SSSR count). The molecule has 5 aromatic carbocycles. The van der Waals surface area contributed by atoms with Crippen molar-refractivity contribution in [3.63, 3.8) is 0 Å². The molecule has 456 valence electrons. The van der Waals surface area contributed by atoms with Crippen molar-refractivity contribution in [2.24, 2.45) is 5.92 Å². The third-order valence-corrected chi connectivity index (χ3v) is 20.2. The van der Waals surface area contributed by atoms with Gasteiger partial charge in [0.05, 0.1) is 39.1 Å². The average Bonchev–Trinajstić information content (AvgIpc) is 2.04. The number of aromatic nitrogens is 5. The largest absolute Gasteiger partial charge is 1.00 e. The predicted octanol–water partition coefficient (Wildman–Crippen LogP) is 7.86. The molecule has 89 heavy (non-hydrogen) atoms. The number of carboxylic acids is 1. The van der Waals surface area contributed by atoms with Crippen LogP contribution in [0, 0.1) is 19.8 Å². The van der Waals surface area contributed by atoms with Gasteiger partial charge in [0.15, 0.2) is 5.76 Å². The molecule has 6 heterocycles. The van der Waals surface area contributed by atoms with E-state index in [4.69, 9.17) is 27.8 Å². The van der Waals surface area contributed by atoms with Crippen LogP contribution in [0.4, 0.5) is 5.69 Å². The van der Waals surface area contributed by atoms with E-state index in [2.05, 4.69) is 76.3 Å². The van der Waals surface area contributed by atoms with Crippen LogP contribution in [0.1, 0.15) is 106 Å². The summed E-state index contributed by atoms with van der Waals surface area (Å²) >= 11 is 0. The number of aliphatic hydroxyl groups is 1. The third kappa shape index (κ3) is 14.7. The van der Waals surface area contributed by atoms with E-state index in [0.717, 1.165) is 64.1 Å². The van der Waals surface area contributed by atoms with E-state index < -0.39 is 34.1 Å². The van der Waals surface area contributed by atoms with Crippen molar-refractivity contribution in [1.29, 1.82) is 0 Å². The van der Waals surface area contributed by atoms with Crippen LogP contribution in [0.5, 0.6) is 11.5 Å². The number of para-hydroxylation sites is 2. The first-order valence-electron chi connectivity index (χ1n) is 29.5. The molecule has 1 saturated carbocycles. The number of phenolic OH excluding ortho intramolecular Hbond substituents is 1. The second-order valence-corrected chi connectivity index (χ2v) is 34.7. The Balaban J connectivity index is 0.000000159. The monoisotopic (exact) mass is 1250 g/mol. The first-order valence-corrected chi connectivity index (χ1v) is 36.5. The Morgan fingerprint density at radius 3 is 2.11 bits per heavy atom. The number of aromatic carboxylic acids is 1. The van der Waals surface area contributed by atoms with Crippen molar-refractivity contribution < 1.29 is 82.1 Å². The summed E-state index contributed by atoms with van der Waals surface area (Å²) in [7, 11) is -3.58. The predicted molar refractivity (Wildman–Crippen MR) is 341 cm³/mol. The van der Waals surface area contributed by atoms with Crippen molar-refractivity contribution in [3.8, 4) is 34.2 Å². The molecular weight excluding hydrogens is 1170 g/mol. The van der Waals surface area contributed by atoms with Gasteiger partial charge in [-0.2, -0.15) is 0 Å². The maximum atomic E-state index is 13.0. The minimum Gasteiger partial charge on any atom is -0.545 e. The number of benzene rings is 5. The summed E-state index contributed by atoms with van der Waals surface area (Å²) in [6.45, 7) is 22.1. The molecule has 0 spiro atoms. The van der Waals surface area contributed by atoms with E-state index >= 15 is 0 Å². The van der Waals surface area contributed by atoms with Gasteiger partial charge in [0.2, 0.25) is 23.0 Å². The average molecular weight is 1250 g/mol. The van der Waals surface area contributed by atoms with Gasteiger partial charge in [-0.3, -0.25) is 14.4 Å². The second-order valence-electron chi connectivity index (χ2n) is 24.7. The topological polar surface area (TPSA) is 281 Å². The van der Waals surface area contributed by atoms with Crippen LogP contribution in [-0.4, -0.2) is 94.8 Å². The number of carbonyl (C=O) groups is 3. The van der Waals surface area contributed by atoms with Gasteiger partial charge in [0.25, 0.3) is 11.8 Å². The van der Waals surface area contributed by atoms with E-state index in [1.807, 2.05) is 93.6 Å². The maximum Gasteiger partial charge on any atom is 1.00 e. The molecule has 10 aromatic rings. The number of aromatic amines is 1. The number of phenols is 1. The number of nitrogens with one attached hydrogen (secondary N) is 3. The van der Waals surface area contributed by atoms with E-state index in [9.17, 15) is 34.5 Å². The number of nitrogens with zero attached hydrogens (tertiary/aromatic N) is 4. The van der Waals surface area contributed by atoms with Gasteiger partial charge in [0, 0.05) is 82.2 Å². The minimum absolute atomic E-state index is 0. The fourth-order valence-corrected chi connectivity index (χ4v) is 14.1. The molecule has 2 aliphatic rings. The normalized spacial score (nSPS) is 15.8. The Kier molecular flexibility index (Phi) is 20.1. The molecule has 1 aliphatic carbocycles. The molecule has 1 saturated heterocycles. The molecule has 2 atom stereocenters. The van der Waals surface area contributed by atoms with Gasteiger partial charge in [-0.25, -0.2) is 4.98 Å². The summed E-state index contributed by atoms with van der Waals surface area (Å²) in [6.07, 6.45) is 3.84. The van der Waals surface area contributed by atoms with Crippen LogP contribution in [-0.2, 0) is 4.74 Å². The molecule has 0 bridgehead atoms. The quantitative estimate of drug-likeness (QED) is 0.0648. The van der Waals surface area contributed by atoms with Crippen molar-refractivity contribution >= 4 is 82.8 Å². The van der Waals surface area contributed by atoms with Crippen LogP contribution in [0.2, 0.25) is 39.3 Å². The number of aryl methyl sites for hydroxylation is 2. The molecule has 19 nitrogen and oxygen atoms in total. The van der Waals surface area contributed by atoms with Crippen molar-refractivity contribution in [2.75, 3.05) is 18.5 Å². The third-order valence-electron chi connectivity index (χ3n) is 16.1. The molecule has 0 radical (unpaired) electrons. The van der Waals surface area contributed by atoms with E-state index in [0.29, 0.717) is 75.0 Å². The van der Waals surface area contributed by atoms with Crippen LogP contribution in [0.15, 0.2) is 140 Å². The van der Waals surface area contributed by atoms with Gasteiger partial charge in [-0.15, -0.1) is 10.2 Å². The number of anilines is 1. The molecule has 0 unspecified atom stereocenters. The van der Waals surface area contributed by atoms with Gasteiger partial charge in [0.1, 0.15) is 40.1 Å².